The summed E-state index contributed by atoms with van der Waals surface area (Å²) >= 11 is 5.89. The molecule has 0 bridgehead atoms. The van der Waals surface area contributed by atoms with E-state index in [4.69, 9.17) is 21.1 Å². The Labute approximate surface area is 170 Å². The second kappa shape index (κ2) is 9.03. The van der Waals surface area contributed by atoms with Crippen LogP contribution in [0.5, 0.6) is 5.75 Å². The third-order valence-corrected chi connectivity index (χ3v) is 4.19. The Morgan fingerprint density at radius 1 is 1.00 bits per heavy atom. The summed E-state index contributed by atoms with van der Waals surface area (Å²) in [4.78, 5) is 33.8. The number of hydrogen-bond acceptors (Lipinski definition) is 6. The van der Waals surface area contributed by atoms with Crippen LogP contribution in [-0.4, -0.2) is 30.0 Å². The van der Waals surface area contributed by atoms with Crippen LogP contribution in [0.4, 0.5) is 11.4 Å². The number of rotatable bonds is 7. The fourth-order valence-electron chi connectivity index (χ4n) is 2.49. The van der Waals surface area contributed by atoms with Gasteiger partial charge in [-0.3, -0.25) is 14.9 Å². The van der Waals surface area contributed by atoms with Crippen LogP contribution in [0.3, 0.4) is 0 Å². The van der Waals surface area contributed by atoms with E-state index < -0.39 is 23.4 Å². The minimum absolute atomic E-state index is 0.00138. The molecule has 1 amide bonds. The number of anilines is 1. The zero-order valence-corrected chi connectivity index (χ0v) is 15.7. The molecule has 0 saturated carbocycles. The average molecular weight is 415 g/mol. The molecular formula is C20H15ClN2O6. The van der Waals surface area contributed by atoms with Gasteiger partial charge >= 0.3 is 5.97 Å². The summed E-state index contributed by atoms with van der Waals surface area (Å²) in [6, 6.07) is 16.7. The Kier molecular flexibility index (Phi) is 6.25. The van der Waals surface area contributed by atoms with Gasteiger partial charge in [0.25, 0.3) is 11.6 Å². The molecule has 0 unspecified atom stereocenters. The Hall–Kier alpha value is -3.65. The number of ether oxygens (including phenoxy) is 2. The Morgan fingerprint density at radius 2 is 1.76 bits per heavy atom. The number of amides is 1. The van der Waals surface area contributed by atoms with Gasteiger partial charge in [0.1, 0.15) is 5.75 Å². The summed E-state index contributed by atoms with van der Waals surface area (Å²) in [5, 5.41) is 15.1. The van der Waals surface area contributed by atoms with Crippen molar-refractivity contribution >= 4 is 45.6 Å². The van der Waals surface area contributed by atoms with Crippen molar-refractivity contribution in [2.45, 2.75) is 0 Å². The number of hydrogen-bond donors (Lipinski definition) is 1. The van der Waals surface area contributed by atoms with Crippen LogP contribution < -0.4 is 10.1 Å². The molecule has 3 aromatic carbocycles. The summed E-state index contributed by atoms with van der Waals surface area (Å²) in [5.74, 6) is -0.856. The standard InChI is InChI=1S/C20H15ClN2O6/c21-17-10-15(23(26)27)6-8-18(17)22-19(24)11-29-20(25)12-28-16-7-5-13-3-1-2-4-14(13)9-16/h1-10H,11-12H2,(H,22,24). The molecule has 0 spiro atoms. The van der Waals surface area contributed by atoms with E-state index >= 15 is 0 Å². The second-order valence-electron chi connectivity index (χ2n) is 5.93. The highest BCUT2D eigenvalue weighted by Crippen LogP contribution is 2.26. The van der Waals surface area contributed by atoms with Gasteiger partial charge in [-0.1, -0.05) is 41.9 Å². The number of carbonyl (C=O) groups is 2. The third kappa shape index (κ3) is 5.43. The van der Waals surface area contributed by atoms with Crippen molar-refractivity contribution in [3.05, 3.63) is 75.8 Å². The van der Waals surface area contributed by atoms with Crippen molar-refractivity contribution in [2.75, 3.05) is 18.5 Å². The average Bonchev–Trinajstić information content (AvgIpc) is 2.72. The molecule has 0 radical (unpaired) electrons. The van der Waals surface area contributed by atoms with E-state index in [1.807, 2.05) is 30.3 Å². The molecule has 3 aromatic rings. The lowest BCUT2D eigenvalue weighted by Crippen LogP contribution is -2.23. The van der Waals surface area contributed by atoms with E-state index in [0.717, 1.165) is 16.8 Å². The van der Waals surface area contributed by atoms with Gasteiger partial charge in [0.2, 0.25) is 0 Å². The fraction of sp³-hybridized carbons (Fsp3) is 0.100. The first kappa shape index (κ1) is 20.1. The monoisotopic (exact) mass is 414 g/mol. The SMILES string of the molecule is O=C(COC(=O)COc1ccc2ccccc2c1)Nc1ccc([N+](=O)[O-])cc1Cl. The molecule has 1 N–H and O–H groups in total. The minimum Gasteiger partial charge on any atom is -0.482 e. The van der Waals surface area contributed by atoms with Crippen molar-refractivity contribution in [1.82, 2.24) is 0 Å². The lowest BCUT2D eigenvalue weighted by Gasteiger charge is -2.09. The number of nitro benzene ring substituents is 1. The summed E-state index contributed by atoms with van der Waals surface area (Å²) in [7, 11) is 0. The van der Waals surface area contributed by atoms with Gasteiger partial charge in [-0.15, -0.1) is 0 Å². The highest BCUT2D eigenvalue weighted by Gasteiger charge is 2.13. The van der Waals surface area contributed by atoms with Gasteiger partial charge in [-0.25, -0.2) is 4.79 Å². The molecule has 9 heteroatoms. The van der Waals surface area contributed by atoms with Gasteiger partial charge < -0.3 is 14.8 Å². The van der Waals surface area contributed by atoms with Gasteiger partial charge in [0.15, 0.2) is 13.2 Å². The Morgan fingerprint density at radius 3 is 2.48 bits per heavy atom. The van der Waals surface area contributed by atoms with Crippen molar-refractivity contribution in [1.29, 1.82) is 0 Å². The smallest absolute Gasteiger partial charge is 0.344 e. The zero-order chi connectivity index (χ0) is 20.8. The molecule has 0 aromatic heterocycles. The van der Waals surface area contributed by atoms with Crippen LogP contribution in [0, 0.1) is 10.1 Å². The molecule has 148 valence electrons. The maximum absolute atomic E-state index is 11.9. The van der Waals surface area contributed by atoms with Gasteiger partial charge in [0, 0.05) is 12.1 Å². The molecule has 0 aliphatic heterocycles. The number of nitrogens with one attached hydrogen (secondary N) is 1. The first-order valence-corrected chi connectivity index (χ1v) is 8.81. The van der Waals surface area contributed by atoms with Crippen LogP contribution in [0.2, 0.25) is 5.02 Å². The summed E-state index contributed by atoms with van der Waals surface area (Å²) in [6.07, 6.45) is 0. The molecule has 29 heavy (non-hydrogen) atoms. The van der Waals surface area contributed by atoms with Crippen molar-refractivity contribution in [3.8, 4) is 5.75 Å². The Balaban J connectivity index is 1.47. The van der Waals surface area contributed by atoms with Crippen molar-refractivity contribution in [2.24, 2.45) is 0 Å². The Bertz CT molecular complexity index is 1090. The summed E-state index contributed by atoms with van der Waals surface area (Å²) in [6.45, 7) is -0.906. The molecular weight excluding hydrogens is 400 g/mol. The van der Waals surface area contributed by atoms with Gasteiger partial charge in [0.05, 0.1) is 15.6 Å². The fourth-order valence-corrected chi connectivity index (χ4v) is 2.71. The number of esters is 1. The van der Waals surface area contributed by atoms with E-state index in [2.05, 4.69) is 5.32 Å². The predicted octanol–water partition coefficient (Wildman–Crippen LogP) is 3.96. The van der Waals surface area contributed by atoms with E-state index in [-0.39, 0.29) is 23.0 Å². The molecule has 0 aliphatic rings. The molecule has 0 heterocycles. The maximum Gasteiger partial charge on any atom is 0.344 e. The van der Waals surface area contributed by atoms with E-state index in [1.54, 1.807) is 12.1 Å². The molecule has 3 rings (SSSR count). The topological polar surface area (TPSA) is 108 Å². The first-order chi connectivity index (χ1) is 13.9. The van der Waals surface area contributed by atoms with Crippen LogP contribution in [-0.2, 0) is 14.3 Å². The lowest BCUT2D eigenvalue weighted by atomic mass is 10.1. The molecule has 0 fully saturated rings. The summed E-state index contributed by atoms with van der Waals surface area (Å²) < 4.78 is 10.2. The van der Waals surface area contributed by atoms with Crippen LogP contribution in [0.1, 0.15) is 0 Å². The van der Waals surface area contributed by atoms with Crippen molar-refractivity contribution in [3.63, 3.8) is 0 Å². The highest BCUT2D eigenvalue weighted by atomic mass is 35.5. The normalized spacial score (nSPS) is 10.4. The van der Waals surface area contributed by atoms with Crippen molar-refractivity contribution < 1.29 is 24.0 Å². The van der Waals surface area contributed by atoms with Crippen LogP contribution in [0.25, 0.3) is 10.8 Å². The number of carbonyl (C=O) groups excluding carboxylic acids is 2. The second-order valence-corrected chi connectivity index (χ2v) is 6.33. The first-order valence-electron chi connectivity index (χ1n) is 8.43. The number of non-ortho nitro benzene ring substituents is 1. The molecule has 0 atom stereocenters. The number of fused-ring (bicyclic) bond motifs is 1. The number of halogens is 1. The summed E-state index contributed by atoms with van der Waals surface area (Å²) in [5.41, 5.74) is -0.0315. The van der Waals surface area contributed by atoms with Gasteiger partial charge in [-0.05, 0) is 29.0 Å². The number of benzene rings is 3. The highest BCUT2D eigenvalue weighted by molar-refractivity contribution is 6.34. The van der Waals surface area contributed by atoms with E-state index in [1.165, 1.54) is 12.1 Å². The molecule has 0 aliphatic carbocycles. The molecule has 0 saturated heterocycles. The quantitative estimate of drug-likeness (QED) is 0.356. The predicted molar refractivity (Wildman–Crippen MR) is 107 cm³/mol. The van der Waals surface area contributed by atoms with E-state index in [9.17, 15) is 19.7 Å². The number of nitrogens with zero attached hydrogens (tertiary/aromatic N) is 1. The number of nitro groups is 1. The largest absolute Gasteiger partial charge is 0.482 e. The van der Waals surface area contributed by atoms with Crippen LogP contribution in [0.15, 0.2) is 60.7 Å². The zero-order valence-electron chi connectivity index (χ0n) is 15.0. The van der Waals surface area contributed by atoms with E-state index in [0.29, 0.717) is 5.75 Å². The van der Waals surface area contributed by atoms with Crippen LogP contribution >= 0.6 is 11.6 Å². The molecule has 8 nitrogen and oxygen atoms in total. The lowest BCUT2D eigenvalue weighted by molar-refractivity contribution is -0.384. The minimum atomic E-state index is -0.719. The maximum atomic E-state index is 11.9. The third-order valence-electron chi connectivity index (χ3n) is 3.88. The van der Waals surface area contributed by atoms with Gasteiger partial charge in [-0.2, -0.15) is 0 Å².